The van der Waals surface area contributed by atoms with Crippen LogP contribution in [0.5, 0.6) is 11.5 Å². The molecule has 1 aromatic heterocycles. The van der Waals surface area contributed by atoms with Gasteiger partial charge in [-0.2, -0.15) is 0 Å². The number of aryl methyl sites for hydroxylation is 1. The largest absolute Gasteiger partial charge is 0.486 e. The number of fused-ring (bicyclic) bond motifs is 1. The van der Waals surface area contributed by atoms with Crippen LogP contribution in [0.25, 0.3) is 5.69 Å². The molecule has 6 heteroatoms. The van der Waals surface area contributed by atoms with Gasteiger partial charge in [0.05, 0.1) is 5.69 Å². The quantitative estimate of drug-likeness (QED) is 0.631. The fraction of sp³-hybridized carbons (Fsp3) is 0.250. The highest BCUT2D eigenvalue weighted by molar-refractivity contribution is 5.49. The molecule has 3 rings (SSSR count). The van der Waals surface area contributed by atoms with E-state index >= 15 is 0 Å². The SMILES string of the molecule is C=CCCn1ccn(-c2ccc3c(c2)OCCO3)c(=O)c1=O. The molecule has 0 fully saturated rings. The van der Waals surface area contributed by atoms with Crippen LogP contribution < -0.4 is 20.6 Å². The summed E-state index contributed by atoms with van der Waals surface area (Å²) in [7, 11) is 0. The van der Waals surface area contributed by atoms with Gasteiger partial charge in [0.15, 0.2) is 11.5 Å². The summed E-state index contributed by atoms with van der Waals surface area (Å²) in [5, 5.41) is 0. The minimum absolute atomic E-state index is 0.444. The van der Waals surface area contributed by atoms with Crippen molar-refractivity contribution in [3.8, 4) is 17.2 Å². The van der Waals surface area contributed by atoms with Crippen molar-refractivity contribution in [1.29, 1.82) is 0 Å². The number of benzene rings is 1. The molecule has 22 heavy (non-hydrogen) atoms. The van der Waals surface area contributed by atoms with Gasteiger partial charge >= 0.3 is 11.1 Å². The second-order valence-corrected chi connectivity index (χ2v) is 4.88. The number of rotatable bonds is 4. The summed E-state index contributed by atoms with van der Waals surface area (Å²) in [4.78, 5) is 24.3. The van der Waals surface area contributed by atoms with Crippen molar-refractivity contribution in [1.82, 2.24) is 9.13 Å². The Bertz CT molecular complexity index is 820. The number of ether oxygens (including phenoxy) is 2. The maximum Gasteiger partial charge on any atom is 0.320 e. The highest BCUT2D eigenvalue weighted by atomic mass is 16.6. The molecule has 0 atom stereocenters. The molecular formula is C16H16N2O4. The van der Waals surface area contributed by atoms with E-state index < -0.39 is 11.1 Å². The first-order valence-electron chi connectivity index (χ1n) is 7.04. The molecule has 0 saturated carbocycles. The van der Waals surface area contributed by atoms with Crippen LogP contribution in [0.2, 0.25) is 0 Å². The van der Waals surface area contributed by atoms with E-state index in [1.807, 2.05) is 0 Å². The molecule has 114 valence electrons. The lowest BCUT2D eigenvalue weighted by molar-refractivity contribution is 0.171. The molecule has 0 spiro atoms. The van der Waals surface area contributed by atoms with E-state index in [0.717, 1.165) is 0 Å². The Morgan fingerprint density at radius 3 is 2.64 bits per heavy atom. The Balaban J connectivity index is 2.02. The standard InChI is InChI=1S/C16H16N2O4/c1-2-3-6-17-7-8-18(16(20)15(17)19)12-4-5-13-14(11-12)22-10-9-21-13/h2,4-5,7-8,11H,1,3,6,9-10H2. The smallest absolute Gasteiger partial charge is 0.320 e. The van der Waals surface area contributed by atoms with Gasteiger partial charge in [-0.3, -0.25) is 14.2 Å². The molecule has 0 amide bonds. The van der Waals surface area contributed by atoms with Gasteiger partial charge in [0.2, 0.25) is 0 Å². The average Bonchev–Trinajstić information content (AvgIpc) is 2.56. The Labute approximate surface area is 126 Å². The molecule has 0 radical (unpaired) electrons. The zero-order valence-electron chi connectivity index (χ0n) is 12.0. The molecule has 0 N–H and O–H groups in total. The van der Waals surface area contributed by atoms with Crippen molar-refractivity contribution in [2.45, 2.75) is 13.0 Å². The topological polar surface area (TPSA) is 62.5 Å². The Hall–Kier alpha value is -2.76. The van der Waals surface area contributed by atoms with Crippen LogP contribution >= 0.6 is 0 Å². The normalized spacial score (nSPS) is 12.9. The van der Waals surface area contributed by atoms with E-state index in [4.69, 9.17) is 9.47 Å². The van der Waals surface area contributed by atoms with Gasteiger partial charge in [-0.15, -0.1) is 6.58 Å². The van der Waals surface area contributed by atoms with E-state index in [-0.39, 0.29) is 0 Å². The van der Waals surface area contributed by atoms with Crippen molar-refractivity contribution < 1.29 is 9.47 Å². The van der Waals surface area contributed by atoms with Crippen LogP contribution in [0.15, 0.2) is 52.8 Å². The fourth-order valence-electron chi connectivity index (χ4n) is 2.30. The van der Waals surface area contributed by atoms with Gasteiger partial charge in [-0.05, 0) is 18.6 Å². The summed E-state index contributed by atoms with van der Waals surface area (Å²) in [5.41, 5.74) is -0.579. The lowest BCUT2D eigenvalue weighted by atomic mass is 10.2. The summed E-state index contributed by atoms with van der Waals surface area (Å²) in [6.07, 6.45) is 5.52. The molecule has 2 heterocycles. The predicted octanol–water partition coefficient (Wildman–Crippen LogP) is 1.35. The van der Waals surface area contributed by atoms with Crippen LogP contribution in [0, 0.1) is 0 Å². The van der Waals surface area contributed by atoms with E-state index in [1.165, 1.54) is 9.13 Å². The highest BCUT2D eigenvalue weighted by Crippen LogP contribution is 2.31. The third kappa shape index (κ3) is 2.55. The third-order valence-corrected chi connectivity index (χ3v) is 3.44. The van der Waals surface area contributed by atoms with Crippen molar-refractivity contribution in [2.24, 2.45) is 0 Å². The van der Waals surface area contributed by atoms with Crippen LogP contribution in [0.3, 0.4) is 0 Å². The summed E-state index contributed by atoms with van der Waals surface area (Å²) >= 11 is 0. The molecule has 2 aromatic rings. The van der Waals surface area contributed by atoms with Gasteiger partial charge in [0, 0.05) is 25.0 Å². The molecule has 1 aliphatic heterocycles. The zero-order chi connectivity index (χ0) is 15.5. The Morgan fingerprint density at radius 1 is 1.09 bits per heavy atom. The zero-order valence-corrected chi connectivity index (χ0v) is 12.0. The summed E-state index contributed by atoms with van der Waals surface area (Å²) in [5.74, 6) is 1.22. The van der Waals surface area contributed by atoms with Crippen LogP contribution in [0.4, 0.5) is 0 Å². The number of allylic oxidation sites excluding steroid dienone is 1. The van der Waals surface area contributed by atoms with Crippen LogP contribution in [-0.2, 0) is 6.54 Å². The van der Waals surface area contributed by atoms with Crippen molar-refractivity contribution in [3.63, 3.8) is 0 Å². The van der Waals surface area contributed by atoms with Gasteiger partial charge in [-0.25, -0.2) is 0 Å². The molecule has 1 aliphatic rings. The minimum Gasteiger partial charge on any atom is -0.486 e. The molecule has 1 aromatic carbocycles. The molecule has 0 saturated heterocycles. The lowest BCUT2D eigenvalue weighted by Gasteiger charge is -2.19. The van der Waals surface area contributed by atoms with Gasteiger partial charge < -0.3 is 14.0 Å². The van der Waals surface area contributed by atoms with E-state index in [9.17, 15) is 9.59 Å². The molecule has 0 bridgehead atoms. The minimum atomic E-state index is -0.594. The second kappa shape index (κ2) is 5.93. The lowest BCUT2D eigenvalue weighted by Crippen LogP contribution is -2.39. The number of hydrogen-bond acceptors (Lipinski definition) is 4. The van der Waals surface area contributed by atoms with Gasteiger partial charge in [0.25, 0.3) is 0 Å². The predicted molar refractivity (Wildman–Crippen MR) is 82.1 cm³/mol. The van der Waals surface area contributed by atoms with Crippen LogP contribution in [0.1, 0.15) is 6.42 Å². The van der Waals surface area contributed by atoms with Crippen molar-refractivity contribution >= 4 is 0 Å². The molecule has 0 unspecified atom stereocenters. The second-order valence-electron chi connectivity index (χ2n) is 4.88. The monoisotopic (exact) mass is 300 g/mol. The van der Waals surface area contributed by atoms with Crippen molar-refractivity contribution in [3.05, 3.63) is 64.0 Å². The fourth-order valence-corrected chi connectivity index (χ4v) is 2.30. The number of nitrogens with zero attached hydrogens (tertiary/aromatic N) is 2. The third-order valence-electron chi connectivity index (χ3n) is 3.44. The highest BCUT2D eigenvalue weighted by Gasteiger charge is 2.14. The van der Waals surface area contributed by atoms with E-state index in [2.05, 4.69) is 6.58 Å². The summed E-state index contributed by atoms with van der Waals surface area (Å²) in [6, 6.07) is 5.16. The van der Waals surface area contributed by atoms with E-state index in [0.29, 0.717) is 43.4 Å². The first-order chi connectivity index (χ1) is 10.7. The summed E-state index contributed by atoms with van der Waals surface area (Å²) < 4.78 is 13.6. The van der Waals surface area contributed by atoms with E-state index in [1.54, 1.807) is 36.7 Å². The molecule has 0 aliphatic carbocycles. The summed E-state index contributed by atoms with van der Waals surface area (Å²) in [6.45, 7) is 5.03. The maximum atomic E-state index is 12.3. The average molecular weight is 300 g/mol. The number of hydrogen-bond donors (Lipinski definition) is 0. The molecule has 6 nitrogen and oxygen atoms in total. The first kappa shape index (κ1) is 14.2. The Morgan fingerprint density at radius 2 is 1.86 bits per heavy atom. The van der Waals surface area contributed by atoms with Crippen LogP contribution in [-0.4, -0.2) is 22.3 Å². The Kier molecular flexibility index (Phi) is 3.82. The first-order valence-corrected chi connectivity index (χ1v) is 7.04. The van der Waals surface area contributed by atoms with Gasteiger partial charge in [0.1, 0.15) is 13.2 Å². The van der Waals surface area contributed by atoms with Crippen molar-refractivity contribution in [2.75, 3.05) is 13.2 Å². The number of aromatic nitrogens is 2. The molecular weight excluding hydrogens is 284 g/mol. The maximum absolute atomic E-state index is 12.3. The van der Waals surface area contributed by atoms with Gasteiger partial charge in [-0.1, -0.05) is 6.08 Å².